The topological polar surface area (TPSA) is 50.8 Å². The minimum atomic E-state index is -0.286. The Bertz CT molecular complexity index is 766. The van der Waals surface area contributed by atoms with Crippen molar-refractivity contribution in [3.05, 3.63) is 59.9 Å². The van der Waals surface area contributed by atoms with Crippen molar-refractivity contribution >= 4 is 5.91 Å². The van der Waals surface area contributed by atoms with Gasteiger partial charge < -0.3 is 14.8 Å². The molecule has 0 aromatic heterocycles. The molecule has 0 aliphatic carbocycles. The number of halogens is 1. The number of para-hydroxylation sites is 2. The fourth-order valence-electron chi connectivity index (χ4n) is 3.07. The third-order valence-electron chi connectivity index (χ3n) is 4.59. The highest BCUT2D eigenvalue weighted by molar-refractivity contribution is 5.78. The van der Waals surface area contributed by atoms with Crippen LogP contribution in [-0.4, -0.2) is 43.2 Å². The van der Waals surface area contributed by atoms with Gasteiger partial charge in [0.25, 0.3) is 0 Å². The Morgan fingerprint density at radius 3 is 2.63 bits per heavy atom. The van der Waals surface area contributed by atoms with Crippen LogP contribution < -0.4 is 14.8 Å². The molecular formula is C21H25FN2O3. The van der Waals surface area contributed by atoms with E-state index in [-0.39, 0.29) is 30.4 Å². The lowest BCUT2D eigenvalue weighted by molar-refractivity contribution is -0.123. The molecule has 2 aromatic carbocycles. The molecule has 1 heterocycles. The summed E-state index contributed by atoms with van der Waals surface area (Å²) in [5.74, 6) is 1.12. The van der Waals surface area contributed by atoms with Crippen molar-refractivity contribution in [1.29, 1.82) is 0 Å². The number of likely N-dealkylation sites (N-methyl/N-ethyl adjacent to an activating group) is 1. The molecule has 0 saturated carbocycles. The molecule has 0 spiro atoms. The summed E-state index contributed by atoms with van der Waals surface area (Å²) in [5, 5.41) is 2.96. The third kappa shape index (κ3) is 5.20. The van der Waals surface area contributed by atoms with Crippen LogP contribution in [0.1, 0.15) is 25.5 Å². The highest BCUT2D eigenvalue weighted by atomic mass is 19.1. The summed E-state index contributed by atoms with van der Waals surface area (Å²) in [5.41, 5.74) is 0.869. The standard InChI is InChI=1S/C21H25FN2O3/c1-3-24(12-18-14-26-19-6-4-5-7-20(19)27-18)13-21(25)23-15(2)16-8-10-17(22)11-9-16/h4-11,15,18H,3,12-14H2,1-2H3,(H,23,25). The molecule has 6 heteroatoms. The van der Waals surface area contributed by atoms with Gasteiger partial charge in [0, 0.05) is 6.54 Å². The maximum Gasteiger partial charge on any atom is 0.234 e. The number of rotatable bonds is 7. The maximum atomic E-state index is 13.0. The molecule has 5 nitrogen and oxygen atoms in total. The van der Waals surface area contributed by atoms with Gasteiger partial charge in [-0.15, -0.1) is 0 Å². The molecule has 2 atom stereocenters. The number of hydrogen-bond donors (Lipinski definition) is 1. The molecule has 1 aliphatic rings. The van der Waals surface area contributed by atoms with Gasteiger partial charge in [0.1, 0.15) is 18.5 Å². The lowest BCUT2D eigenvalue weighted by atomic mass is 10.1. The zero-order chi connectivity index (χ0) is 19.2. The normalized spacial score (nSPS) is 16.8. The first-order valence-electron chi connectivity index (χ1n) is 9.20. The number of amides is 1. The van der Waals surface area contributed by atoms with Crippen molar-refractivity contribution in [2.24, 2.45) is 0 Å². The van der Waals surface area contributed by atoms with Crippen LogP contribution in [0.3, 0.4) is 0 Å². The Kier molecular flexibility index (Phi) is 6.29. The lowest BCUT2D eigenvalue weighted by Crippen LogP contribution is -2.45. The molecule has 1 amide bonds. The predicted octanol–water partition coefficient (Wildman–Crippen LogP) is 3.16. The van der Waals surface area contributed by atoms with Crippen LogP contribution in [0.5, 0.6) is 11.5 Å². The number of carbonyl (C=O) groups excluding carboxylic acids is 1. The van der Waals surface area contributed by atoms with Gasteiger partial charge in [-0.1, -0.05) is 31.2 Å². The Hall–Kier alpha value is -2.60. The van der Waals surface area contributed by atoms with Crippen molar-refractivity contribution in [3.8, 4) is 11.5 Å². The van der Waals surface area contributed by atoms with Gasteiger partial charge in [-0.3, -0.25) is 9.69 Å². The number of benzene rings is 2. The average Bonchev–Trinajstić information content (AvgIpc) is 2.67. The lowest BCUT2D eigenvalue weighted by Gasteiger charge is -2.30. The van der Waals surface area contributed by atoms with E-state index in [1.165, 1.54) is 12.1 Å². The van der Waals surface area contributed by atoms with Gasteiger partial charge in [-0.05, 0) is 43.3 Å². The molecule has 0 saturated heterocycles. The monoisotopic (exact) mass is 372 g/mol. The summed E-state index contributed by atoms with van der Waals surface area (Å²) in [4.78, 5) is 14.4. The second kappa shape index (κ2) is 8.86. The summed E-state index contributed by atoms with van der Waals surface area (Å²) in [6.45, 7) is 5.94. The fourth-order valence-corrected chi connectivity index (χ4v) is 3.07. The number of hydrogen-bond acceptors (Lipinski definition) is 4. The van der Waals surface area contributed by atoms with Crippen LogP contribution >= 0.6 is 0 Å². The van der Waals surface area contributed by atoms with Crippen molar-refractivity contribution in [2.75, 3.05) is 26.2 Å². The Balaban J connectivity index is 1.51. The highest BCUT2D eigenvalue weighted by Crippen LogP contribution is 2.31. The number of fused-ring (bicyclic) bond motifs is 1. The Morgan fingerprint density at radius 1 is 1.22 bits per heavy atom. The van der Waals surface area contributed by atoms with E-state index in [1.54, 1.807) is 12.1 Å². The van der Waals surface area contributed by atoms with E-state index in [0.29, 0.717) is 13.2 Å². The van der Waals surface area contributed by atoms with Crippen LogP contribution in [0.15, 0.2) is 48.5 Å². The van der Waals surface area contributed by atoms with E-state index in [2.05, 4.69) is 5.32 Å². The largest absolute Gasteiger partial charge is 0.486 e. The van der Waals surface area contributed by atoms with Crippen LogP contribution in [0.25, 0.3) is 0 Å². The average molecular weight is 372 g/mol. The van der Waals surface area contributed by atoms with Gasteiger partial charge in [0.05, 0.1) is 12.6 Å². The summed E-state index contributed by atoms with van der Waals surface area (Å²) in [7, 11) is 0. The molecule has 0 bridgehead atoms. The summed E-state index contributed by atoms with van der Waals surface area (Å²) >= 11 is 0. The first-order chi connectivity index (χ1) is 13.0. The zero-order valence-electron chi connectivity index (χ0n) is 15.7. The van der Waals surface area contributed by atoms with Crippen molar-refractivity contribution in [2.45, 2.75) is 26.0 Å². The van der Waals surface area contributed by atoms with E-state index in [0.717, 1.165) is 23.6 Å². The predicted molar refractivity (Wildman–Crippen MR) is 101 cm³/mol. The van der Waals surface area contributed by atoms with Crippen molar-refractivity contribution in [1.82, 2.24) is 10.2 Å². The Morgan fingerprint density at radius 2 is 1.93 bits per heavy atom. The molecule has 3 rings (SSSR count). The minimum Gasteiger partial charge on any atom is -0.486 e. The Labute approximate surface area is 159 Å². The second-order valence-electron chi connectivity index (χ2n) is 6.67. The fraction of sp³-hybridized carbons (Fsp3) is 0.381. The van der Waals surface area contributed by atoms with Crippen LogP contribution in [0.4, 0.5) is 4.39 Å². The molecular weight excluding hydrogens is 347 g/mol. The first kappa shape index (κ1) is 19.2. The zero-order valence-corrected chi connectivity index (χ0v) is 15.7. The van der Waals surface area contributed by atoms with Gasteiger partial charge in [-0.25, -0.2) is 4.39 Å². The molecule has 0 fully saturated rings. The molecule has 2 aromatic rings. The molecule has 144 valence electrons. The van der Waals surface area contributed by atoms with Gasteiger partial charge in [0.15, 0.2) is 11.5 Å². The van der Waals surface area contributed by atoms with Crippen molar-refractivity contribution in [3.63, 3.8) is 0 Å². The van der Waals surface area contributed by atoms with Gasteiger partial charge >= 0.3 is 0 Å². The number of ether oxygens (including phenoxy) is 2. The van der Waals surface area contributed by atoms with E-state index in [9.17, 15) is 9.18 Å². The molecule has 1 N–H and O–H groups in total. The van der Waals surface area contributed by atoms with Crippen LogP contribution in [0, 0.1) is 5.82 Å². The molecule has 1 aliphatic heterocycles. The number of nitrogens with one attached hydrogen (secondary N) is 1. The molecule has 0 radical (unpaired) electrons. The van der Waals surface area contributed by atoms with E-state index in [4.69, 9.17) is 9.47 Å². The summed E-state index contributed by atoms with van der Waals surface area (Å²) in [6.07, 6.45) is -0.123. The molecule has 2 unspecified atom stereocenters. The third-order valence-corrected chi connectivity index (χ3v) is 4.59. The SMILES string of the molecule is CCN(CC(=O)NC(C)c1ccc(F)cc1)CC1COc2ccccc2O1. The van der Waals surface area contributed by atoms with Gasteiger partial charge in [0.2, 0.25) is 5.91 Å². The smallest absolute Gasteiger partial charge is 0.234 e. The highest BCUT2D eigenvalue weighted by Gasteiger charge is 2.23. The second-order valence-corrected chi connectivity index (χ2v) is 6.67. The molecule has 27 heavy (non-hydrogen) atoms. The first-order valence-corrected chi connectivity index (χ1v) is 9.20. The number of nitrogens with zero attached hydrogens (tertiary/aromatic N) is 1. The van der Waals surface area contributed by atoms with E-state index < -0.39 is 0 Å². The van der Waals surface area contributed by atoms with Crippen LogP contribution in [-0.2, 0) is 4.79 Å². The van der Waals surface area contributed by atoms with E-state index in [1.807, 2.05) is 43.0 Å². The summed E-state index contributed by atoms with van der Waals surface area (Å²) in [6, 6.07) is 13.6. The van der Waals surface area contributed by atoms with Crippen LogP contribution in [0.2, 0.25) is 0 Å². The van der Waals surface area contributed by atoms with E-state index >= 15 is 0 Å². The number of carbonyl (C=O) groups is 1. The van der Waals surface area contributed by atoms with Gasteiger partial charge in [-0.2, -0.15) is 0 Å². The van der Waals surface area contributed by atoms with Crippen molar-refractivity contribution < 1.29 is 18.7 Å². The maximum absolute atomic E-state index is 13.0. The summed E-state index contributed by atoms with van der Waals surface area (Å²) < 4.78 is 24.7. The quantitative estimate of drug-likeness (QED) is 0.811. The minimum absolute atomic E-state index is 0.0780.